The smallest absolute Gasteiger partial charge is 0.271 e. The molecule has 4 rings (SSSR count). The van der Waals surface area contributed by atoms with Crippen LogP contribution in [0.3, 0.4) is 0 Å². The lowest BCUT2D eigenvalue weighted by Crippen LogP contribution is -2.46. The summed E-state index contributed by atoms with van der Waals surface area (Å²) < 4.78 is 1.74. The lowest BCUT2D eigenvalue weighted by Gasteiger charge is -2.30. The number of nitriles is 1. The number of halogens is 1. The van der Waals surface area contributed by atoms with Gasteiger partial charge in [0.25, 0.3) is 11.8 Å². The summed E-state index contributed by atoms with van der Waals surface area (Å²) in [7, 11) is 0. The number of aromatic nitrogens is 2. The first-order valence-electron chi connectivity index (χ1n) is 10.4. The lowest BCUT2D eigenvalue weighted by atomic mass is 9.92. The zero-order valence-corrected chi connectivity index (χ0v) is 19.2. The van der Waals surface area contributed by atoms with Gasteiger partial charge in [0.2, 0.25) is 0 Å². The van der Waals surface area contributed by atoms with Crippen molar-refractivity contribution in [1.82, 2.24) is 14.7 Å². The highest BCUT2D eigenvalue weighted by molar-refractivity contribution is 6.30. The van der Waals surface area contributed by atoms with Crippen molar-refractivity contribution in [3.05, 3.63) is 88.1 Å². The van der Waals surface area contributed by atoms with E-state index < -0.39 is 11.8 Å². The number of carbonyl (C=O) groups is 2. The van der Waals surface area contributed by atoms with Crippen LogP contribution in [0.2, 0.25) is 5.02 Å². The second-order valence-corrected chi connectivity index (χ2v) is 8.40. The van der Waals surface area contributed by atoms with Gasteiger partial charge in [0, 0.05) is 34.0 Å². The number of nitrogens with zero attached hydrogens (tertiary/aromatic N) is 4. The number of hydrogen-bond acceptors (Lipinski definition) is 4. The predicted octanol–water partition coefficient (Wildman–Crippen LogP) is 5.19. The fraction of sp³-hybridized carbons (Fsp3) is 0.154. The van der Waals surface area contributed by atoms with Gasteiger partial charge in [-0.05, 0) is 56.7 Å². The molecule has 0 unspecified atom stereocenters. The summed E-state index contributed by atoms with van der Waals surface area (Å²) in [5.74, 6) is -0.994. The van der Waals surface area contributed by atoms with Crippen LogP contribution in [0.25, 0.3) is 23.0 Å². The van der Waals surface area contributed by atoms with Crippen molar-refractivity contribution in [3.63, 3.8) is 0 Å². The molecule has 6 nitrogen and oxygen atoms in total. The largest absolute Gasteiger partial charge is 0.271 e. The van der Waals surface area contributed by atoms with Gasteiger partial charge in [-0.15, -0.1) is 0 Å². The molecule has 0 saturated heterocycles. The van der Waals surface area contributed by atoms with Gasteiger partial charge in [0.05, 0.1) is 11.4 Å². The molecule has 0 spiro atoms. The molecule has 3 aromatic rings. The minimum atomic E-state index is -0.565. The zero-order valence-electron chi connectivity index (χ0n) is 18.4. The van der Waals surface area contributed by atoms with Gasteiger partial charge in [0.1, 0.15) is 11.6 Å². The summed E-state index contributed by atoms with van der Waals surface area (Å²) in [6.07, 6.45) is 3.53. The SMILES string of the molecule is CC1=C(C#N)C(=O)N(C(C)C)C(=O)/C1=C/c1cn(-c2ccccc2)nc1-c1ccc(Cl)cc1. The van der Waals surface area contributed by atoms with Gasteiger partial charge in [0.15, 0.2) is 0 Å². The molecule has 2 aromatic carbocycles. The van der Waals surface area contributed by atoms with E-state index in [-0.39, 0.29) is 11.6 Å². The average molecular weight is 457 g/mol. The fourth-order valence-corrected chi connectivity index (χ4v) is 3.89. The number of rotatable bonds is 4. The Labute approximate surface area is 197 Å². The third-order valence-corrected chi connectivity index (χ3v) is 5.72. The maximum absolute atomic E-state index is 13.3. The Hall–Kier alpha value is -3.95. The van der Waals surface area contributed by atoms with Crippen molar-refractivity contribution in [2.24, 2.45) is 0 Å². The number of para-hydroxylation sites is 1. The molecule has 2 heterocycles. The summed E-state index contributed by atoms with van der Waals surface area (Å²) in [4.78, 5) is 27.1. The van der Waals surface area contributed by atoms with Crippen LogP contribution < -0.4 is 0 Å². The molecular formula is C26H21ClN4O2. The van der Waals surface area contributed by atoms with Crippen LogP contribution in [-0.4, -0.2) is 32.5 Å². The molecule has 1 aliphatic rings. The van der Waals surface area contributed by atoms with E-state index >= 15 is 0 Å². The topological polar surface area (TPSA) is 79.0 Å². The average Bonchev–Trinajstić information content (AvgIpc) is 3.22. The first-order chi connectivity index (χ1) is 15.8. The Morgan fingerprint density at radius 3 is 2.30 bits per heavy atom. The fourth-order valence-electron chi connectivity index (χ4n) is 3.76. The molecule has 164 valence electrons. The Morgan fingerprint density at radius 2 is 1.70 bits per heavy atom. The molecule has 0 bridgehead atoms. The Balaban J connectivity index is 1.94. The maximum Gasteiger partial charge on any atom is 0.271 e. The Kier molecular flexibility index (Phi) is 5.99. The molecule has 0 aliphatic carbocycles. The van der Waals surface area contributed by atoms with E-state index in [1.54, 1.807) is 43.7 Å². The van der Waals surface area contributed by atoms with Crippen LogP contribution in [0.4, 0.5) is 0 Å². The first kappa shape index (κ1) is 22.3. The highest BCUT2D eigenvalue weighted by Gasteiger charge is 2.37. The van der Waals surface area contributed by atoms with E-state index in [0.29, 0.717) is 27.4 Å². The van der Waals surface area contributed by atoms with E-state index in [0.717, 1.165) is 16.2 Å². The molecule has 0 fully saturated rings. The van der Waals surface area contributed by atoms with Gasteiger partial charge in [-0.25, -0.2) is 4.68 Å². The predicted molar refractivity (Wildman–Crippen MR) is 127 cm³/mol. The molecule has 0 N–H and O–H groups in total. The third-order valence-electron chi connectivity index (χ3n) is 5.47. The second-order valence-electron chi connectivity index (χ2n) is 7.96. The normalized spacial score (nSPS) is 15.5. The molecule has 0 radical (unpaired) electrons. The summed E-state index contributed by atoms with van der Waals surface area (Å²) in [5.41, 5.74) is 3.63. The molecule has 0 saturated carbocycles. The summed E-state index contributed by atoms with van der Waals surface area (Å²) in [6, 6.07) is 18.5. The standard InChI is InChI=1S/C26H21ClN4O2/c1-16(2)31-25(32)22(17(3)23(14-28)26(31)33)13-19-15-30(21-7-5-4-6-8-21)29-24(19)18-9-11-20(27)12-10-18/h4-13,15-16H,1-3H3/b22-13+. The Bertz CT molecular complexity index is 1340. The van der Waals surface area contributed by atoms with Gasteiger partial charge in [-0.3, -0.25) is 14.5 Å². The maximum atomic E-state index is 13.3. The van der Waals surface area contributed by atoms with Crippen LogP contribution in [0.15, 0.2) is 77.5 Å². The van der Waals surface area contributed by atoms with E-state index in [1.165, 1.54) is 0 Å². The number of amides is 2. The molecule has 2 amide bonds. The highest BCUT2D eigenvalue weighted by atomic mass is 35.5. The van der Waals surface area contributed by atoms with Crippen LogP contribution in [0.5, 0.6) is 0 Å². The van der Waals surface area contributed by atoms with E-state index in [2.05, 4.69) is 0 Å². The molecule has 33 heavy (non-hydrogen) atoms. The van der Waals surface area contributed by atoms with E-state index in [4.69, 9.17) is 16.7 Å². The summed E-state index contributed by atoms with van der Waals surface area (Å²) in [5, 5.41) is 15.0. The molecule has 0 atom stereocenters. The van der Waals surface area contributed by atoms with Crippen molar-refractivity contribution in [2.45, 2.75) is 26.8 Å². The second kappa shape index (κ2) is 8.89. The van der Waals surface area contributed by atoms with Crippen LogP contribution in [0.1, 0.15) is 26.3 Å². The van der Waals surface area contributed by atoms with Gasteiger partial charge < -0.3 is 0 Å². The minimum absolute atomic E-state index is 0.0296. The van der Waals surface area contributed by atoms with Crippen molar-refractivity contribution >= 4 is 29.5 Å². The molecular weight excluding hydrogens is 436 g/mol. The van der Waals surface area contributed by atoms with Crippen molar-refractivity contribution in [2.75, 3.05) is 0 Å². The van der Waals surface area contributed by atoms with Crippen LogP contribution >= 0.6 is 11.6 Å². The quantitative estimate of drug-likeness (QED) is 0.399. The van der Waals surface area contributed by atoms with E-state index in [1.807, 2.05) is 54.7 Å². The van der Waals surface area contributed by atoms with Gasteiger partial charge >= 0.3 is 0 Å². The molecule has 1 aliphatic heterocycles. The summed E-state index contributed by atoms with van der Waals surface area (Å²) >= 11 is 6.07. The number of carbonyl (C=O) groups excluding carboxylic acids is 2. The van der Waals surface area contributed by atoms with Crippen molar-refractivity contribution < 1.29 is 9.59 Å². The number of hydrogen-bond donors (Lipinski definition) is 0. The van der Waals surface area contributed by atoms with Gasteiger partial charge in [-0.2, -0.15) is 10.4 Å². The summed E-state index contributed by atoms with van der Waals surface area (Å²) in [6.45, 7) is 5.12. The van der Waals surface area contributed by atoms with Crippen molar-refractivity contribution in [3.8, 4) is 23.0 Å². The molecule has 1 aromatic heterocycles. The highest BCUT2D eigenvalue weighted by Crippen LogP contribution is 2.32. The molecule has 7 heteroatoms. The first-order valence-corrected chi connectivity index (χ1v) is 10.8. The Morgan fingerprint density at radius 1 is 1.03 bits per heavy atom. The van der Waals surface area contributed by atoms with E-state index in [9.17, 15) is 14.9 Å². The lowest BCUT2D eigenvalue weighted by molar-refractivity contribution is -0.142. The zero-order chi connectivity index (χ0) is 23.7. The van der Waals surface area contributed by atoms with Crippen molar-refractivity contribution in [1.29, 1.82) is 5.26 Å². The number of benzene rings is 2. The van der Waals surface area contributed by atoms with Crippen LogP contribution in [-0.2, 0) is 9.59 Å². The minimum Gasteiger partial charge on any atom is -0.271 e. The van der Waals surface area contributed by atoms with Crippen LogP contribution in [0, 0.1) is 11.3 Å². The van der Waals surface area contributed by atoms with Gasteiger partial charge in [-0.1, -0.05) is 41.9 Å². The number of imide groups is 1. The monoisotopic (exact) mass is 456 g/mol. The third kappa shape index (κ3) is 4.11.